The molecule has 1 aromatic rings. The molecule has 4 nitrogen and oxygen atoms in total. The number of thiazole rings is 1. The van der Waals surface area contributed by atoms with Crippen molar-refractivity contribution < 1.29 is 4.79 Å². The minimum atomic E-state index is 0.0491. The highest BCUT2D eigenvalue weighted by molar-refractivity contribution is 7.16. The lowest BCUT2D eigenvalue weighted by atomic mass is 10.1. The second-order valence-corrected chi connectivity index (χ2v) is 5.71. The number of rotatable bonds is 6. The van der Waals surface area contributed by atoms with E-state index in [1.54, 1.807) is 11.3 Å². The molecular formula is C12H21N3OS. The standard InChI is InChI=1S/C12H21N3OS/c1-8(2)7-10-12(17-9(3)14-10)15-11(16)5-6-13-4/h8,13H,5-7H2,1-4H3,(H,15,16). The van der Waals surface area contributed by atoms with Crippen LogP contribution in [0, 0.1) is 12.8 Å². The third-order valence-electron chi connectivity index (χ3n) is 2.26. The lowest BCUT2D eigenvalue weighted by molar-refractivity contribution is -0.116. The zero-order chi connectivity index (χ0) is 12.8. The molecule has 1 heterocycles. The van der Waals surface area contributed by atoms with Crippen molar-refractivity contribution in [2.75, 3.05) is 18.9 Å². The van der Waals surface area contributed by atoms with Gasteiger partial charge >= 0.3 is 0 Å². The number of hydrogen-bond donors (Lipinski definition) is 2. The van der Waals surface area contributed by atoms with Crippen LogP contribution in [0.3, 0.4) is 0 Å². The van der Waals surface area contributed by atoms with E-state index in [9.17, 15) is 4.79 Å². The average molecular weight is 255 g/mol. The number of carbonyl (C=O) groups excluding carboxylic acids is 1. The van der Waals surface area contributed by atoms with Crippen molar-refractivity contribution in [2.24, 2.45) is 5.92 Å². The summed E-state index contributed by atoms with van der Waals surface area (Å²) in [5, 5.41) is 7.83. The van der Waals surface area contributed by atoms with Gasteiger partial charge in [0.2, 0.25) is 5.91 Å². The highest BCUT2D eigenvalue weighted by atomic mass is 32.1. The highest BCUT2D eigenvalue weighted by Crippen LogP contribution is 2.26. The van der Waals surface area contributed by atoms with Crippen LogP contribution in [0.2, 0.25) is 0 Å². The van der Waals surface area contributed by atoms with Crippen molar-refractivity contribution in [3.05, 3.63) is 10.7 Å². The van der Waals surface area contributed by atoms with Crippen molar-refractivity contribution >= 4 is 22.2 Å². The van der Waals surface area contributed by atoms with Crippen molar-refractivity contribution in [2.45, 2.75) is 33.6 Å². The van der Waals surface area contributed by atoms with E-state index >= 15 is 0 Å². The minimum Gasteiger partial charge on any atom is -0.319 e. The summed E-state index contributed by atoms with van der Waals surface area (Å²) in [6, 6.07) is 0. The summed E-state index contributed by atoms with van der Waals surface area (Å²) >= 11 is 1.55. The van der Waals surface area contributed by atoms with Gasteiger partial charge in [-0.05, 0) is 26.3 Å². The molecule has 0 saturated heterocycles. The fraction of sp³-hybridized carbons (Fsp3) is 0.667. The molecule has 5 heteroatoms. The van der Waals surface area contributed by atoms with Crippen LogP contribution >= 0.6 is 11.3 Å². The first kappa shape index (κ1) is 14.1. The number of anilines is 1. The van der Waals surface area contributed by atoms with Crippen molar-refractivity contribution in [3.8, 4) is 0 Å². The summed E-state index contributed by atoms with van der Waals surface area (Å²) in [7, 11) is 1.84. The summed E-state index contributed by atoms with van der Waals surface area (Å²) in [6.45, 7) is 6.98. The predicted octanol–water partition coefficient (Wildman–Crippen LogP) is 2.20. The summed E-state index contributed by atoms with van der Waals surface area (Å²) in [4.78, 5) is 16.1. The number of hydrogen-bond acceptors (Lipinski definition) is 4. The van der Waals surface area contributed by atoms with Crippen LogP contribution in [0.4, 0.5) is 5.00 Å². The Labute approximate surface area is 107 Å². The van der Waals surface area contributed by atoms with Crippen LogP contribution in [-0.4, -0.2) is 24.5 Å². The zero-order valence-corrected chi connectivity index (χ0v) is 11.8. The maximum atomic E-state index is 11.6. The molecule has 0 aliphatic rings. The summed E-state index contributed by atoms with van der Waals surface area (Å²) in [6.07, 6.45) is 1.40. The van der Waals surface area contributed by atoms with Crippen LogP contribution in [0.25, 0.3) is 0 Å². The molecular weight excluding hydrogens is 234 g/mol. The van der Waals surface area contributed by atoms with Gasteiger partial charge in [0.15, 0.2) is 0 Å². The topological polar surface area (TPSA) is 54.0 Å². The SMILES string of the molecule is CNCCC(=O)Nc1sc(C)nc1CC(C)C. The van der Waals surface area contributed by atoms with Crippen molar-refractivity contribution in [3.63, 3.8) is 0 Å². The molecule has 1 aromatic heterocycles. The first-order valence-corrected chi connectivity index (χ1v) is 6.75. The second kappa shape index (κ2) is 6.71. The van der Waals surface area contributed by atoms with Crippen molar-refractivity contribution in [1.29, 1.82) is 0 Å². The Morgan fingerprint density at radius 3 is 2.76 bits per heavy atom. The van der Waals surface area contributed by atoms with Gasteiger partial charge in [-0.1, -0.05) is 13.8 Å². The minimum absolute atomic E-state index is 0.0491. The quantitative estimate of drug-likeness (QED) is 0.819. The van der Waals surface area contributed by atoms with Crippen LogP contribution in [0.5, 0.6) is 0 Å². The molecule has 0 unspecified atom stereocenters. The number of aryl methyl sites for hydroxylation is 1. The van der Waals surface area contributed by atoms with Gasteiger partial charge in [0.25, 0.3) is 0 Å². The van der Waals surface area contributed by atoms with E-state index in [0.29, 0.717) is 18.9 Å². The van der Waals surface area contributed by atoms with E-state index in [1.807, 2.05) is 14.0 Å². The lowest BCUT2D eigenvalue weighted by Crippen LogP contribution is -2.19. The molecule has 0 saturated carbocycles. The molecule has 0 atom stereocenters. The highest BCUT2D eigenvalue weighted by Gasteiger charge is 2.12. The fourth-order valence-corrected chi connectivity index (χ4v) is 2.38. The molecule has 0 radical (unpaired) electrons. The Hall–Kier alpha value is -0.940. The first-order valence-electron chi connectivity index (χ1n) is 5.93. The number of aromatic nitrogens is 1. The van der Waals surface area contributed by atoms with Gasteiger partial charge in [-0.3, -0.25) is 4.79 Å². The summed E-state index contributed by atoms with van der Waals surface area (Å²) in [5.74, 6) is 0.595. The van der Waals surface area contributed by atoms with Crippen molar-refractivity contribution in [1.82, 2.24) is 10.3 Å². The maximum Gasteiger partial charge on any atom is 0.226 e. The van der Waals surface area contributed by atoms with Gasteiger partial charge < -0.3 is 10.6 Å². The molecule has 0 aliphatic heterocycles. The smallest absolute Gasteiger partial charge is 0.226 e. The second-order valence-electron chi connectivity index (χ2n) is 4.51. The molecule has 1 amide bonds. The maximum absolute atomic E-state index is 11.6. The van der Waals surface area contributed by atoms with E-state index < -0.39 is 0 Å². The van der Waals surface area contributed by atoms with Gasteiger partial charge in [0.05, 0.1) is 10.7 Å². The summed E-state index contributed by atoms with van der Waals surface area (Å²) in [5.41, 5.74) is 1.01. The molecule has 0 bridgehead atoms. The molecule has 1 rings (SSSR count). The first-order chi connectivity index (χ1) is 8.02. The van der Waals surface area contributed by atoms with Gasteiger partial charge in [0.1, 0.15) is 5.00 Å². The number of nitrogens with zero attached hydrogens (tertiary/aromatic N) is 1. The number of amides is 1. The van der Waals surface area contributed by atoms with Gasteiger partial charge in [-0.2, -0.15) is 0 Å². The Kier molecular flexibility index (Phi) is 5.58. The van der Waals surface area contributed by atoms with Crippen LogP contribution in [0.1, 0.15) is 31.0 Å². The predicted molar refractivity (Wildman–Crippen MR) is 72.6 cm³/mol. The number of carbonyl (C=O) groups is 1. The van der Waals surface area contributed by atoms with E-state index in [4.69, 9.17) is 0 Å². The Morgan fingerprint density at radius 2 is 2.18 bits per heavy atom. The molecule has 2 N–H and O–H groups in total. The van der Waals surface area contributed by atoms with Gasteiger partial charge in [0, 0.05) is 13.0 Å². The van der Waals surface area contributed by atoms with E-state index in [0.717, 1.165) is 22.1 Å². The van der Waals surface area contributed by atoms with Gasteiger partial charge in [-0.25, -0.2) is 4.98 Å². The van der Waals surface area contributed by atoms with Crippen LogP contribution < -0.4 is 10.6 Å². The normalized spacial score (nSPS) is 10.9. The van der Waals surface area contributed by atoms with Crippen LogP contribution in [-0.2, 0) is 11.2 Å². The molecule has 0 aliphatic carbocycles. The Morgan fingerprint density at radius 1 is 1.47 bits per heavy atom. The third-order valence-corrected chi connectivity index (χ3v) is 3.19. The monoisotopic (exact) mass is 255 g/mol. The van der Waals surface area contributed by atoms with E-state index in [-0.39, 0.29) is 5.91 Å². The van der Waals surface area contributed by atoms with E-state index in [2.05, 4.69) is 29.5 Å². The van der Waals surface area contributed by atoms with Gasteiger partial charge in [-0.15, -0.1) is 11.3 Å². The molecule has 0 aromatic carbocycles. The fourth-order valence-electron chi connectivity index (χ4n) is 1.52. The number of nitrogens with one attached hydrogen (secondary N) is 2. The Bertz CT molecular complexity index is 374. The third kappa shape index (κ3) is 4.83. The zero-order valence-electron chi connectivity index (χ0n) is 11.0. The molecule has 0 spiro atoms. The lowest BCUT2D eigenvalue weighted by Gasteiger charge is -2.06. The average Bonchev–Trinajstić information content (AvgIpc) is 2.55. The van der Waals surface area contributed by atoms with E-state index in [1.165, 1.54) is 0 Å². The van der Waals surface area contributed by atoms with Crippen LogP contribution in [0.15, 0.2) is 0 Å². The molecule has 0 fully saturated rings. The summed E-state index contributed by atoms with van der Waals surface area (Å²) < 4.78 is 0. The Balaban J connectivity index is 2.65. The molecule has 96 valence electrons. The molecule has 17 heavy (non-hydrogen) atoms. The largest absolute Gasteiger partial charge is 0.319 e.